The molecular formula is C6H15OP. The van der Waals surface area contributed by atoms with Crippen molar-refractivity contribution in [3.8, 4) is 0 Å². The van der Waals surface area contributed by atoms with Gasteiger partial charge in [-0.1, -0.05) is 0 Å². The summed E-state index contributed by atoms with van der Waals surface area (Å²) in [6.45, 7) is 8.06. The maximum Gasteiger partial charge on any atom is 0.0630 e. The van der Waals surface area contributed by atoms with Crippen molar-refractivity contribution in [3.05, 3.63) is 0 Å². The van der Waals surface area contributed by atoms with Crippen LogP contribution in [0.4, 0.5) is 0 Å². The van der Waals surface area contributed by atoms with Crippen molar-refractivity contribution < 1.29 is 5.11 Å². The van der Waals surface area contributed by atoms with Crippen LogP contribution in [0.3, 0.4) is 0 Å². The molecule has 0 atom stereocenters. The third-order valence-electron chi connectivity index (χ3n) is 0.703. The second-order valence-electron chi connectivity index (χ2n) is 3.05. The van der Waals surface area contributed by atoms with E-state index in [2.05, 4.69) is 13.3 Å². The van der Waals surface area contributed by atoms with Crippen LogP contribution in [-0.4, -0.2) is 30.2 Å². The van der Waals surface area contributed by atoms with E-state index < -0.39 is 5.60 Å². The Morgan fingerprint density at radius 2 is 1.75 bits per heavy atom. The average molecular weight is 134 g/mol. The lowest BCUT2D eigenvalue weighted by Gasteiger charge is -2.19. The molecule has 50 valence electrons. The van der Waals surface area contributed by atoms with Crippen LogP contribution in [0.2, 0.25) is 0 Å². The van der Waals surface area contributed by atoms with E-state index in [-0.39, 0.29) is 7.92 Å². The van der Waals surface area contributed by atoms with E-state index in [9.17, 15) is 5.11 Å². The maximum atomic E-state index is 9.20. The molecule has 0 unspecified atom stereocenters. The Labute approximate surface area is 52.9 Å². The summed E-state index contributed by atoms with van der Waals surface area (Å²) in [5.74, 6) is 0. The number of hydrogen-bond acceptors (Lipinski definition) is 1. The van der Waals surface area contributed by atoms with Crippen LogP contribution in [0.1, 0.15) is 13.8 Å². The van der Waals surface area contributed by atoms with E-state index >= 15 is 0 Å². The zero-order valence-electron chi connectivity index (χ0n) is 6.10. The van der Waals surface area contributed by atoms with Crippen LogP contribution in [0, 0.1) is 0 Å². The molecule has 2 heteroatoms. The molecule has 1 nitrogen and oxygen atoms in total. The van der Waals surface area contributed by atoms with Gasteiger partial charge in [0, 0.05) is 0 Å². The molecule has 8 heavy (non-hydrogen) atoms. The predicted octanol–water partition coefficient (Wildman–Crippen LogP) is 1.50. The van der Waals surface area contributed by atoms with Gasteiger partial charge in [-0.3, -0.25) is 0 Å². The van der Waals surface area contributed by atoms with Crippen molar-refractivity contribution in [2.45, 2.75) is 19.4 Å². The minimum Gasteiger partial charge on any atom is -0.390 e. The Balaban J connectivity index is 3.39. The monoisotopic (exact) mass is 134 g/mol. The molecule has 0 amide bonds. The fourth-order valence-corrected chi connectivity index (χ4v) is 2.32. The molecule has 0 aromatic rings. The summed E-state index contributed by atoms with van der Waals surface area (Å²) in [6, 6.07) is 0. The number of aliphatic hydroxyl groups is 1. The Hall–Kier alpha value is 0.390. The smallest absolute Gasteiger partial charge is 0.0630 e. The van der Waals surface area contributed by atoms with E-state index in [1.165, 1.54) is 0 Å². The molecule has 0 spiro atoms. The molecule has 0 aliphatic rings. The van der Waals surface area contributed by atoms with Gasteiger partial charge in [0.15, 0.2) is 0 Å². The molecule has 1 N–H and O–H groups in total. The summed E-state index contributed by atoms with van der Waals surface area (Å²) in [5.41, 5.74) is -0.449. The topological polar surface area (TPSA) is 20.2 Å². The zero-order chi connectivity index (χ0) is 6.78. The number of rotatable bonds is 2. The highest BCUT2D eigenvalue weighted by Crippen LogP contribution is 2.28. The third-order valence-corrected chi connectivity index (χ3v) is 2.11. The molecule has 0 aliphatic heterocycles. The molecule has 0 rings (SSSR count). The van der Waals surface area contributed by atoms with Gasteiger partial charge < -0.3 is 5.11 Å². The van der Waals surface area contributed by atoms with Gasteiger partial charge in [0.25, 0.3) is 0 Å². The van der Waals surface area contributed by atoms with E-state index in [0.29, 0.717) is 0 Å². The summed E-state index contributed by atoms with van der Waals surface area (Å²) < 4.78 is 0. The van der Waals surface area contributed by atoms with Crippen LogP contribution >= 0.6 is 7.92 Å². The summed E-state index contributed by atoms with van der Waals surface area (Å²) in [4.78, 5) is 0. The molecule has 0 saturated heterocycles. The van der Waals surface area contributed by atoms with Crippen molar-refractivity contribution in [1.82, 2.24) is 0 Å². The van der Waals surface area contributed by atoms with Crippen LogP contribution in [0.15, 0.2) is 0 Å². The van der Waals surface area contributed by atoms with Gasteiger partial charge in [0.1, 0.15) is 0 Å². The van der Waals surface area contributed by atoms with Gasteiger partial charge in [-0.25, -0.2) is 0 Å². The Bertz CT molecular complexity index is 63.4. The molecule has 0 bridgehead atoms. The van der Waals surface area contributed by atoms with E-state index in [0.717, 1.165) is 6.16 Å². The van der Waals surface area contributed by atoms with E-state index in [4.69, 9.17) is 0 Å². The summed E-state index contributed by atoms with van der Waals surface area (Å²) >= 11 is 0. The number of hydrogen-bond donors (Lipinski definition) is 1. The van der Waals surface area contributed by atoms with E-state index in [1.807, 2.05) is 13.8 Å². The second-order valence-corrected chi connectivity index (χ2v) is 5.53. The van der Waals surface area contributed by atoms with Crippen molar-refractivity contribution >= 4 is 7.92 Å². The first-order chi connectivity index (χ1) is 3.42. The van der Waals surface area contributed by atoms with Crippen LogP contribution in [0.25, 0.3) is 0 Å². The molecule has 0 aliphatic carbocycles. The lowest BCUT2D eigenvalue weighted by Crippen LogP contribution is -2.22. The van der Waals surface area contributed by atoms with Crippen molar-refractivity contribution in [2.75, 3.05) is 19.5 Å². The van der Waals surface area contributed by atoms with Crippen LogP contribution in [0.5, 0.6) is 0 Å². The Morgan fingerprint density at radius 1 is 1.38 bits per heavy atom. The Kier molecular flexibility index (Phi) is 2.93. The van der Waals surface area contributed by atoms with E-state index in [1.54, 1.807) is 0 Å². The second kappa shape index (κ2) is 2.80. The minimum absolute atomic E-state index is 0.0615. The first-order valence-electron chi connectivity index (χ1n) is 2.79. The van der Waals surface area contributed by atoms with Gasteiger partial charge in [0.05, 0.1) is 5.60 Å². The highest BCUT2D eigenvalue weighted by Gasteiger charge is 2.13. The lowest BCUT2D eigenvalue weighted by molar-refractivity contribution is 0.106. The Morgan fingerprint density at radius 3 is 1.75 bits per heavy atom. The minimum atomic E-state index is -0.449. The normalized spacial score (nSPS) is 12.8. The quantitative estimate of drug-likeness (QED) is 0.567. The average Bonchev–Trinajstić information content (AvgIpc) is 1.21. The van der Waals surface area contributed by atoms with Gasteiger partial charge in [-0.05, 0) is 33.3 Å². The standard InChI is InChI=1S/C6H15OP/c1-6(2,7)5-8(3)4/h7H,5H2,1-4H3. The van der Waals surface area contributed by atoms with Crippen molar-refractivity contribution in [2.24, 2.45) is 0 Å². The molecular weight excluding hydrogens is 119 g/mol. The lowest BCUT2D eigenvalue weighted by atomic mass is 10.2. The molecule has 0 saturated carbocycles. The summed E-state index contributed by atoms with van der Waals surface area (Å²) in [7, 11) is 0.0615. The fourth-order valence-electron chi connectivity index (χ4n) is 0.774. The first kappa shape index (κ1) is 8.39. The third kappa shape index (κ3) is 6.39. The molecule has 0 heterocycles. The molecule has 0 aromatic heterocycles. The fraction of sp³-hybridized carbons (Fsp3) is 1.00. The molecule has 0 aromatic carbocycles. The SMILES string of the molecule is CP(C)CC(C)(C)O. The van der Waals surface area contributed by atoms with Gasteiger partial charge in [-0.15, -0.1) is 7.92 Å². The van der Waals surface area contributed by atoms with Crippen LogP contribution in [-0.2, 0) is 0 Å². The maximum absolute atomic E-state index is 9.20. The highest BCUT2D eigenvalue weighted by molar-refractivity contribution is 7.56. The van der Waals surface area contributed by atoms with Gasteiger partial charge >= 0.3 is 0 Å². The largest absolute Gasteiger partial charge is 0.390 e. The van der Waals surface area contributed by atoms with Crippen molar-refractivity contribution in [3.63, 3.8) is 0 Å². The molecule has 0 radical (unpaired) electrons. The molecule has 0 fully saturated rings. The van der Waals surface area contributed by atoms with Gasteiger partial charge in [0.2, 0.25) is 0 Å². The van der Waals surface area contributed by atoms with Gasteiger partial charge in [-0.2, -0.15) is 0 Å². The highest BCUT2D eigenvalue weighted by atomic mass is 31.1. The predicted molar refractivity (Wildman–Crippen MR) is 39.9 cm³/mol. The summed E-state index contributed by atoms with van der Waals surface area (Å²) in [5, 5.41) is 9.20. The van der Waals surface area contributed by atoms with Crippen LogP contribution < -0.4 is 0 Å². The zero-order valence-corrected chi connectivity index (χ0v) is 7.00. The summed E-state index contributed by atoms with van der Waals surface area (Å²) in [6.07, 6.45) is 0.947. The first-order valence-corrected chi connectivity index (χ1v) is 5.21. The van der Waals surface area contributed by atoms with Crippen molar-refractivity contribution in [1.29, 1.82) is 0 Å².